The summed E-state index contributed by atoms with van der Waals surface area (Å²) in [6.45, 7) is 7.58. The van der Waals surface area contributed by atoms with Gasteiger partial charge in [-0.2, -0.15) is 13.1 Å². The molecule has 0 bridgehead atoms. The molecule has 15 heavy (non-hydrogen) atoms. The lowest BCUT2D eigenvalue weighted by Crippen LogP contribution is -2.35. The van der Waals surface area contributed by atoms with Crippen molar-refractivity contribution < 1.29 is 13.3 Å². The molecule has 0 aromatic rings. The van der Waals surface area contributed by atoms with E-state index in [9.17, 15) is 8.42 Å². The zero-order valence-corrected chi connectivity index (χ0v) is 10.0. The molecule has 0 radical (unpaired) electrons. The van der Waals surface area contributed by atoms with Gasteiger partial charge in [0, 0.05) is 13.6 Å². The standard InChI is InChI=1S/C8H17N3O3S/c1-7(2)8(3)11-14-6-5-10-15(12,13)9-4/h9-10H,1,5-6H2,2-4H3/b11-8+. The third kappa shape index (κ3) is 7.06. The van der Waals surface area contributed by atoms with Gasteiger partial charge in [0.25, 0.3) is 10.2 Å². The van der Waals surface area contributed by atoms with E-state index in [2.05, 4.69) is 21.2 Å². The van der Waals surface area contributed by atoms with E-state index in [1.54, 1.807) is 6.92 Å². The average molecular weight is 235 g/mol. The minimum atomic E-state index is -3.38. The topological polar surface area (TPSA) is 79.8 Å². The zero-order valence-electron chi connectivity index (χ0n) is 9.20. The number of oxime groups is 1. The summed E-state index contributed by atoms with van der Waals surface area (Å²) in [5, 5.41) is 3.73. The maximum atomic E-state index is 10.9. The normalized spacial score (nSPS) is 12.6. The Balaban J connectivity index is 3.74. The van der Waals surface area contributed by atoms with Crippen LogP contribution in [0.15, 0.2) is 17.3 Å². The van der Waals surface area contributed by atoms with E-state index in [0.717, 1.165) is 5.57 Å². The van der Waals surface area contributed by atoms with E-state index < -0.39 is 10.2 Å². The number of rotatable bonds is 7. The Hall–Kier alpha value is -0.920. The minimum Gasteiger partial charge on any atom is -0.394 e. The van der Waals surface area contributed by atoms with E-state index in [0.29, 0.717) is 5.71 Å². The van der Waals surface area contributed by atoms with Crippen LogP contribution in [0, 0.1) is 0 Å². The highest BCUT2D eigenvalue weighted by Crippen LogP contribution is 1.92. The van der Waals surface area contributed by atoms with Crippen LogP contribution in [0.4, 0.5) is 0 Å². The molecule has 0 saturated heterocycles. The Morgan fingerprint density at radius 3 is 2.53 bits per heavy atom. The van der Waals surface area contributed by atoms with Crippen LogP contribution in [0.25, 0.3) is 0 Å². The Kier molecular flexibility index (Phi) is 6.14. The van der Waals surface area contributed by atoms with Crippen LogP contribution in [0.1, 0.15) is 13.8 Å². The molecule has 0 rings (SSSR count). The Morgan fingerprint density at radius 2 is 2.07 bits per heavy atom. The number of hydrogen-bond acceptors (Lipinski definition) is 4. The predicted molar refractivity (Wildman–Crippen MR) is 59.9 cm³/mol. The second kappa shape index (κ2) is 6.54. The summed E-state index contributed by atoms with van der Waals surface area (Å²) in [5.41, 5.74) is 1.50. The van der Waals surface area contributed by atoms with Crippen LogP contribution in [0.2, 0.25) is 0 Å². The van der Waals surface area contributed by atoms with Gasteiger partial charge in [-0.05, 0) is 19.4 Å². The van der Waals surface area contributed by atoms with Crippen LogP contribution < -0.4 is 9.44 Å². The third-order valence-corrected chi connectivity index (χ3v) is 2.69. The number of allylic oxidation sites excluding steroid dienone is 1. The third-order valence-electron chi connectivity index (χ3n) is 1.57. The van der Waals surface area contributed by atoms with E-state index in [1.165, 1.54) is 7.05 Å². The van der Waals surface area contributed by atoms with E-state index >= 15 is 0 Å². The first-order valence-corrected chi connectivity index (χ1v) is 5.88. The van der Waals surface area contributed by atoms with Crippen LogP contribution in [-0.2, 0) is 15.0 Å². The van der Waals surface area contributed by atoms with Gasteiger partial charge in [0.05, 0.1) is 5.71 Å². The summed E-state index contributed by atoms with van der Waals surface area (Å²) < 4.78 is 26.1. The summed E-state index contributed by atoms with van der Waals surface area (Å²) in [6, 6.07) is 0. The smallest absolute Gasteiger partial charge is 0.276 e. The number of nitrogens with zero attached hydrogens (tertiary/aromatic N) is 1. The summed E-state index contributed by atoms with van der Waals surface area (Å²) in [4.78, 5) is 4.87. The molecule has 0 amide bonds. The highest BCUT2D eigenvalue weighted by Gasteiger charge is 2.03. The molecule has 0 aliphatic rings. The molecule has 88 valence electrons. The molecule has 0 aromatic heterocycles. The molecule has 0 fully saturated rings. The van der Waals surface area contributed by atoms with Crippen LogP contribution in [0.5, 0.6) is 0 Å². The lowest BCUT2D eigenvalue weighted by Gasteiger charge is -2.04. The van der Waals surface area contributed by atoms with Crippen LogP contribution in [-0.4, -0.2) is 34.3 Å². The van der Waals surface area contributed by atoms with Gasteiger partial charge < -0.3 is 4.84 Å². The molecule has 0 aliphatic carbocycles. The molecular weight excluding hydrogens is 218 g/mol. The van der Waals surface area contributed by atoms with Crippen molar-refractivity contribution in [1.29, 1.82) is 0 Å². The van der Waals surface area contributed by atoms with Gasteiger partial charge in [-0.25, -0.2) is 4.72 Å². The second-order valence-electron chi connectivity index (χ2n) is 2.89. The fraction of sp³-hybridized carbons (Fsp3) is 0.625. The van der Waals surface area contributed by atoms with Crippen molar-refractivity contribution in [2.24, 2.45) is 5.16 Å². The maximum absolute atomic E-state index is 10.9. The molecule has 0 aliphatic heterocycles. The molecule has 2 N–H and O–H groups in total. The quantitative estimate of drug-likeness (QED) is 0.370. The minimum absolute atomic E-state index is 0.163. The predicted octanol–water partition coefficient (Wildman–Crippen LogP) is 0.00880. The van der Waals surface area contributed by atoms with Crippen molar-refractivity contribution in [2.75, 3.05) is 20.2 Å². The first-order chi connectivity index (χ1) is 6.89. The monoisotopic (exact) mass is 235 g/mol. The van der Waals surface area contributed by atoms with Gasteiger partial charge in [0.2, 0.25) is 0 Å². The molecule has 0 aromatic carbocycles. The van der Waals surface area contributed by atoms with E-state index in [-0.39, 0.29) is 13.2 Å². The Bertz CT molecular complexity index is 335. The van der Waals surface area contributed by atoms with Gasteiger partial charge in [-0.3, -0.25) is 0 Å². The Labute approximate surface area is 90.6 Å². The van der Waals surface area contributed by atoms with Gasteiger partial charge in [0.15, 0.2) is 0 Å². The SMILES string of the molecule is C=C(C)/C(C)=N/OCCNS(=O)(=O)NC. The second-order valence-corrected chi connectivity index (χ2v) is 4.60. The lowest BCUT2D eigenvalue weighted by molar-refractivity contribution is 0.150. The summed E-state index contributed by atoms with van der Waals surface area (Å²) >= 11 is 0. The van der Waals surface area contributed by atoms with Gasteiger partial charge in [0.1, 0.15) is 6.61 Å². The van der Waals surface area contributed by atoms with Gasteiger partial charge >= 0.3 is 0 Å². The fourth-order valence-electron chi connectivity index (χ4n) is 0.514. The molecule has 7 heteroatoms. The van der Waals surface area contributed by atoms with E-state index in [1.807, 2.05) is 6.92 Å². The lowest BCUT2D eigenvalue weighted by atomic mass is 10.2. The van der Waals surface area contributed by atoms with Crippen molar-refractivity contribution in [2.45, 2.75) is 13.8 Å². The van der Waals surface area contributed by atoms with Crippen LogP contribution >= 0.6 is 0 Å². The van der Waals surface area contributed by atoms with Crippen LogP contribution in [0.3, 0.4) is 0 Å². The van der Waals surface area contributed by atoms with Crippen molar-refractivity contribution in [3.8, 4) is 0 Å². The molecule has 6 nitrogen and oxygen atoms in total. The molecule has 0 heterocycles. The zero-order chi connectivity index (χ0) is 11.9. The first-order valence-electron chi connectivity index (χ1n) is 4.39. The molecule has 0 saturated carbocycles. The molecule has 0 unspecified atom stereocenters. The largest absolute Gasteiger partial charge is 0.394 e. The average Bonchev–Trinajstić information content (AvgIpc) is 2.16. The molecule has 0 spiro atoms. The molecular formula is C8H17N3O3S. The highest BCUT2D eigenvalue weighted by molar-refractivity contribution is 7.87. The number of hydrogen-bond donors (Lipinski definition) is 2. The summed E-state index contributed by atoms with van der Waals surface area (Å²) in [7, 11) is -2.06. The number of nitrogens with one attached hydrogen (secondary N) is 2. The summed E-state index contributed by atoms with van der Waals surface area (Å²) in [5.74, 6) is 0. The van der Waals surface area contributed by atoms with Crippen molar-refractivity contribution >= 4 is 15.9 Å². The first kappa shape index (κ1) is 14.1. The fourth-order valence-corrected chi connectivity index (χ4v) is 1.01. The highest BCUT2D eigenvalue weighted by atomic mass is 32.2. The Morgan fingerprint density at radius 1 is 1.47 bits per heavy atom. The van der Waals surface area contributed by atoms with Gasteiger partial charge in [-0.15, -0.1) is 0 Å². The van der Waals surface area contributed by atoms with Crippen molar-refractivity contribution in [1.82, 2.24) is 9.44 Å². The maximum Gasteiger partial charge on any atom is 0.276 e. The van der Waals surface area contributed by atoms with Crippen molar-refractivity contribution in [3.05, 3.63) is 12.2 Å². The van der Waals surface area contributed by atoms with E-state index in [4.69, 9.17) is 4.84 Å². The van der Waals surface area contributed by atoms with Gasteiger partial charge in [-0.1, -0.05) is 11.7 Å². The van der Waals surface area contributed by atoms with Crippen molar-refractivity contribution in [3.63, 3.8) is 0 Å². The molecule has 0 atom stereocenters. The summed E-state index contributed by atoms with van der Waals surface area (Å²) in [6.07, 6.45) is 0.